The number of piperidine rings is 1. The van der Waals surface area contributed by atoms with Crippen LogP contribution in [0.15, 0.2) is 18.3 Å². The Balaban J connectivity index is 1.76. The zero-order chi connectivity index (χ0) is 22.3. The highest BCUT2D eigenvalue weighted by Crippen LogP contribution is 2.18. The van der Waals surface area contributed by atoms with Crippen LogP contribution in [0, 0.1) is 6.92 Å². The number of hydrogen-bond donors (Lipinski definition) is 2. The van der Waals surface area contributed by atoms with Gasteiger partial charge in [0.15, 0.2) is 0 Å². The lowest BCUT2D eigenvalue weighted by Crippen LogP contribution is -2.53. The van der Waals surface area contributed by atoms with Gasteiger partial charge in [0.1, 0.15) is 11.4 Å². The number of amides is 4. The smallest absolute Gasteiger partial charge is 0.410 e. The van der Waals surface area contributed by atoms with Crippen molar-refractivity contribution < 1.29 is 19.1 Å². The number of likely N-dealkylation sites (N-methyl/N-ethyl adjacent to an activating group) is 1. The molecule has 2 heterocycles. The maximum Gasteiger partial charge on any atom is 0.410 e. The highest BCUT2D eigenvalue weighted by atomic mass is 16.6. The predicted molar refractivity (Wildman–Crippen MR) is 114 cm³/mol. The van der Waals surface area contributed by atoms with E-state index in [1.165, 1.54) is 0 Å². The molecule has 0 aromatic carbocycles. The molecule has 0 radical (unpaired) electrons. The summed E-state index contributed by atoms with van der Waals surface area (Å²) in [5, 5.41) is 5.48. The lowest BCUT2D eigenvalue weighted by molar-refractivity contribution is -0.116. The molecule has 1 unspecified atom stereocenters. The van der Waals surface area contributed by atoms with Gasteiger partial charge in [-0.2, -0.15) is 0 Å². The van der Waals surface area contributed by atoms with Crippen LogP contribution >= 0.6 is 0 Å². The number of carbonyl (C=O) groups excluding carboxylic acids is 3. The Morgan fingerprint density at radius 1 is 1.30 bits per heavy atom. The van der Waals surface area contributed by atoms with Crippen LogP contribution in [0.25, 0.3) is 0 Å². The van der Waals surface area contributed by atoms with Gasteiger partial charge in [0.2, 0.25) is 5.91 Å². The molecule has 2 rings (SSSR count). The number of rotatable bonds is 5. The molecular formula is C21H33N5O4. The molecule has 1 atom stereocenters. The van der Waals surface area contributed by atoms with Crippen molar-refractivity contribution in [2.24, 2.45) is 0 Å². The molecule has 1 aliphatic heterocycles. The van der Waals surface area contributed by atoms with Gasteiger partial charge in [-0.1, -0.05) is 6.07 Å². The Hall–Kier alpha value is -2.84. The average molecular weight is 420 g/mol. The first kappa shape index (κ1) is 23.4. The number of nitrogens with zero attached hydrogens (tertiary/aromatic N) is 3. The number of likely N-dealkylation sites (tertiary alicyclic amines) is 1. The molecule has 0 saturated carbocycles. The summed E-state index contributed by atoms with van der Waals surface area (Å²) in [6.45, 7) is 8.66. The minimum atomic E-state index is -0.564. The van der Waals surface area contributed by atoms with Gasteiger partial charge in [-0.15, -0.1) is 0 Å². The monoisotopic (exact) mass is 419 g/mol. The lowest BCUT2D eigenvalue weighted by atomic mass is 10.1. The summed E-state index contributed by atoms with van der Waals surface area (Å²) < 4.78 is 5.41. The first-order valence-corrected chi connectivity index (χ1v) is 10.3. The second-order valence-corrected chi connectivity index (χ2v) is 8.58. The van der Waals surface area contributed by atoms with Gasteiger partial charge in [0, 0.05) is 39.3 Å². The molecular weight excluding hydrogens is 386 g/mol. The molecule has 1 aromatic heterocycles. The Bertz CT molecular complexity index is 745. The zero-order valence-corrected chi connectivity index (χ0v) is 18.5. The molecule has 2 N–H and O–H groups in total. The van der Waals surface area contributed by atoms with Crippen molar-refractivity contribution >= 4 is 23.8 Å². The van der Waals surface area contributed by atoms with Crippen molar-refractivity contribution in [3.63, 3.8) is 0 Å². The molecule has 1 aromatic rings. The second kappa shape index (κ2) is 10.3. The average Bonchev–Trinajstić information content (AvgIpc) is 2.68. The summed E-state index contributed by atoms with van der Waals surface area (Å²) in [6, 6.07) is 3.26. The van der Waals surface area contributed by atoms with E-state index < -0.39 is 11.7 Å². The van der Waals surface area contributed by atoms with Crippen LogP contribution in [0.5, 0.6) is 0 Å². The SMILES string of the molecule is Cc1ccc(NC(=O)CCNC(=O)N2CCCC(N(C)C(=O)OC(C)(C)C)C2)nc1. The van der Waals surface area contributed by atoms with Gasteiger partial charge in [-0.25, -0.2) is 14.6 Å². The predicted octanol–water partition coefficient (Wildman–Crippen LogP) is 2.76. The normalized spacial score (nSPS) is 16.6. The minimum Gasteiger partial charge on any atom is -0.444 e. The number of pyridine rings is 1. The zero-order valence-electron chi connectivity index (χ0n) is 18.5. The van der Waals surface area contributed by atoms with Crippen molar-refractivity contribution in [3.05, 3.63) is 23.9 Å². The second-order valence-electron chi connectivity index (χ2n) is 8.58. The third-order valence-corrected chi connectivity index (χ3v) is 4.72. The van der Waals surface area contributed by atoms with Gasteiger partial charge in [0.25, 0.3) is 0 Å². The van der Waals surface area contributed by atoms with Gasteiger partial charge in [-0.05, 0) is 52.2 Å². The number of ether oxygens (including phenoxy) is 1. The number of nitrogens with one attached hydrogen (secondary N) is 2. The molecule has 30 heavy (non-hydrogen) atoms. The molecule has 9 heteroatoms. The van der Waals surface area contributed by atoms with E-state index in [9.17, 15) is 14.4 Å². The number of urea groups is 1. The van der Waals surface area contributed by atoms with Crippen LogP contribution in [0.2, 0.25) is 0 Å². The van der Waals surface area contributed by atoms with Crippen LogP contribution in [0.3, 0.4) is 0 Å². The van der Waals surface area contributed by atoms with Crippen molar-refractivity contribution in [1.29, 1.82) is 0 Å². The minimum absolute atomic E-state index is 0.102. The van der Waals surface area contributed by atoms with E-state index in [1.807, 2.05) is 33.8 Å². The Morgan fingerprint density at radius 2 is 2.03 bits per heavy atom. The van der Waals surface area contributed by atoms with E-state index in [0.717, 1.165) is 18.4 Å². The van der Waals surface area contributed by atoms with Crippen LogP contribution in [0.4, 0.5) is 15.4 Å². The topological polar surface area (TPSA) is 104 Å². The highest BCUT2D eigenvalue weighted by molar-refractivity contribution is 5.90. The maximum atomic E-state index is 12.5. The number of aromatic nitrogens is 1. The van der Waals surface area contributed by atoms with Gasteiger partial charge < -0.3 is 25.2 Å². The molecule has 166 valence electrons. The fraction of sp³-hybridized carbons (Fsp3) is 0.619. The first-order chi connectivity index (χ1) is 14.0. The van der Waals surface area contributed by atoms with Crippen molar-refractivity contribution in [2.45, 2.75) is 58.6 Å². The van der Waals surface area contributed by atoms with E-state index >= 15 is 0 Å². The fourth-order valence-electron chi connectivity index (χ4n) is 3.08. The van der Waals surface area contributed by atoms with Crippen molar-refractivity contribution in [2.75, 3.05) is 32.0 Å². The van der Waals surface area contributed by atoms with E-state index in [1.54, 1.807) is 29.1 Å². The Morgan fingerprint density at radius 3 is 2.67 bits per heavy atom. The van der Waals surface area contributed by atoms with E-state index in [4.69, 9.17) is 4.74 Å². The summed E-state index contributed by atoms with van der Waals surface area (Å²) in [5.41, 5.74) is 0.448. The largest absolute Gasteiger partial charge is 0.444 e. The molecule has 1 aliphatic rings. The number of hydrogen-bond acceptors (Lipinski definition) is 5. The number of carbonyl (C=O) groups is 3. The third-order valence-electron chi connectivity index (χ3n) is 4.72. The Labute approximate surface area is 178 Å². The molecule has 9 nitrogen and oxygen atoms in total. The number of anilines is 1. The number of aryl methyl sites for hydroxylation is 1. The lowest BCUT2D eigenvalue weighted by Gasteiger charge is -2.38. The Kier molecular flexibility index (Phi) is 8.02. The fourth-order valence-corrected chi connectivity index (χ4v) is 3.08. The third kappa shape index (κ3) is 7.53. The van der Waals surface area contributed by atoms with Gasteiger partial charge in [0.05, 0.1) is 6.04 Å². The van der Waals surface area contributed by atoms with Gasteiger partial charge in [-0.3, -0.25) is 4.79 Å². The van der Waals surface area contributed by atoms with Crippen molar-refractivity contribution in [1.82, 2.24) is 20.1 Å². The quantitative estimate of drug-likeness (QED) is 0.764. The van der Waals surface area contributed by atoms with E-state index in [-0.39, 0.29) is 30.9 Å². The highest BCUT2D eigenvalue weighted by Gasteiger charge is 2.30. The molecule has 4 amide bonds. The summed E-state index contributed by atoms with van der Waals surface area (Å²) in [7, 11) is 1.70. The van der Waals surface area contributed by atoms with Crippen LogP contribution in [-0.2, 0) is 9.53 Å². The summed E-state index contributed by atoms with van der Waals surface area (Å²) >= 11 is 0. The molecule has 0 bridgehead atoms. The van der Waals surface area contributed by atoms with Crippen LogP contribution in [-0.4, -0.2) is 71.1 Å². The van der Waals surface area contributed by atoms with E-state index in [0.29, 0.717) is 18.9 Å². The molecule has 0 aliphatic carbocycles. The molecule has 0 spiro atoms. The molecule has 1 saturated heterocycles. The summed E-state index contributed by atoms with van der Waals surface area (Å²) in [4.78, 5) is 44.1. The standard InChI is InChI=1S/C21H33N5O4/c1-15-8-9-17(23-13-15)24-18(27)10-11-22-19(28)26-12-6-7-16(14-26)25(5)20(29)30-21(2,3)4/h8-9,13,16H,6-7,10-12,14H2,1-5H3,(H,22,28)(H,23,24,27). The maximum absolute atomic E-state index is 12.5. The van der Waals surface area contributed by atoms with E-state index in [2.05, 4.69) is 15.6 Å². The van der Waals surface area contributed by atoms with Crippen LogP contribution < -0.4 is 10.6 Å². The van der Waals surface area contributed by atoms with Gasteiger partial charge >= 0.3 is 12.1 Å². The summed E-state index contributed by atoms with van der Waals surface area (Å²) in [6.07, 6.45) is 3.04. The summed E-state index contributed by atoms with van der Waals surface area (Å²) in [5.74, 6) is 0.272. The van der Waals surface area contributed by atoms with Crippen LogP contribution in [0.1, 0.15) is 45.6 Å². The molecule has 1 fully saturated rings. The first-order valence-electron chi connectivity index (χ1n) is 10.3. The van der Waals surface area contributed by atoms with Crippen molar-refractivity contribution in [3.8, 4) is 0 Å².